The number of hydrogen-bond acceptors (Lipinski definition) is 6. The molecule has 8 heteroatoms. The normalized spacial score (nSPS) is 10.4. The Morgan fingerprint density at radius 3 is 2.46 bits per heavy atom. The van der Waals surface area contributed by atoms with E-state index in [2.05, 4.69) is 26.2 Å². The number of esters is 1. The number of carbonyl (C=O) groups is 2. The van der Waals surface area contributed by atoms with Crippen molar-refractivity contribution in [1.29, 1.82) is 0 Å². The second-order valence-electron chi connectivity index (χ2n) is 5.69. The van der Waals surface area contributed by atoms with Gasteiger partial charge in [0.25, 0.3) is 5.91 Å². The van der Waals surface area contributed by atoms with Gasteiger partial charge in [0.05, 0.1) is 31.0 Å². The number of nitrogens with zero attached hydrogens (tertiary/aromatic N) is 1. The third-order valence-electron chi connectivity index (χ3n) is 3.94. The van der Waals surface area contributed by atoms with Crippen LogP contribution in [-0.2, 0) is 9.53 Å². The van der Waals surface area contributed by atoms with Crippen molar-refractivity contribution in [3.05, 3.63) is 58.7 Å². The molecular weight excluding hydrogens is 428 g/mol. The van der Waals surface area contributed by atoms with E-state index in [1.807, 2.05) is 12.1 Å². The number of methoxy groups -OCH3 is 2. The van der Waals surface area contributed by atoms with E-state index in [1.165, 1.54) is 26.4 Å². The van der Waals surface area contributed by atoms with Crippen LogP contribution in [0.1, 0.15) is 10.4 Å². The first kappa shape index (κ1) is 19.6. The summed E-state index contributed by atoms with van der Waals surface area (Å²) in [4.78, 5) is 28.8. The summed E-state index contributed by atoms with van der Waals surface area (Å²) in [5, 5.41) is 3.53. The molecule has 144 valence electrons. The van der Waals surface area contributed by atoms with Crippen molar-refractivity contribution in [3.63, 3.8) is 0 Å². The van der Waals surface area contributed by atoms with Crippen LogP contribution >= 0.6 is 15.9 Å². The molecule has 0 bridgehead atoms. The molecule has 1 aromatic heterocycles. The topological polar surface area (TPSA) is 86.8 Å². The molecule has 28 heavy (non-hydrogen) atoms. The molecule has 0 fully saturated rings. The third-order valence-corrected chi connectivity index (χ3v) is 4.72. The van der Waals surface area contributed by atoms with E-state index in [-0.39, 0.29) is 5.56 Å². The van der Waals surface area contributed by atoms with Gasteiger partial charge in [-0.1, -0.05) is 6.07 Å². The lowest BCUT2D eigenvalue weighted by Crippen LogP contribution is -2.21. The summed E-state index contributed by atoms with van der Waals surface area (Å²) in [7, 11) is 2.95. The Kier molecular flexibility index (Phi) is 6.10. The molecule has 0 aliphatic heterocycles. The number of pyridine rings is 1. The van der Waals surface area contributed by atoms with Crippen molar-refractivity contribution in [2.45, 2.75) is 0 Å². The summed E-state index contributed by atoms with van der Waals surface area (Å²) in [5.41, 5.74) is 1.56. The standard InChI is InChI=1S/C20H17BrN2O5/c1-26-16-9-12(10-17(27-2)19(16)21)20(25)28-11-18(24)23-15-7-3-6-14-13(15)5-4-8-22-14/h3-10H,11H2,1-2H3,(H,23,24). The van der Waals surface area contributed by atoms with E-state index in [0.717, 1.165) is 10.9 Å². The van der Waals surface area contributed by atoms with Gasteiger partial charge in [0.1, 0.15) is 16.0 Å². The van der Waals surface area contributed by atoms with Crippen molar-refractivity contribution in [2.75, 3.05) is 26.1 Å². The van der Waals surface area contributed by atoms with E-state index in [4.69, 9.17) is 14.2 Å². The summed E-state index contributed by atoms with van der Waals surface area (Å²) in [6.45, 7) is -0.434. The molecule has 0 spiro atoms. The monoisotopic (exact) mass is 444 g/mol. The van der Waals surface area contributed by atoms with Gasteiger partial charge in [-0.05, 0) is 52.3 Å². The van der Waals surface area contributed by atoms with Crippen LogP contribution in [-0.4, -0.2) is 37.7 Å². The van der Waals surface area contributed by atoms with Crippen molar-refractivity contribution in [3.8, 4) is 11.5 Å². The highest BCUT2D eigenvalue weighted by Crippen LogP contribution is 2.35. The zero-order chi connectivity index (χ0) is 20.1. The molecule has 7 nitrogen and oxygen atoms in total. The number of amides is 1. The number of ether oxygens (including phenoxy) is 3. The van der Waals surface area contributed by atoms with Gasteiger partial charge in [-0.25, -0.2) is 4.79 Å². The zero-order valence-electron chi connectivity index (χ0n) is 15.2. The summed E-state index contributed by atoms with van der Waals surface area (Å²) in [6, 6.07) is 12.0. The fourth-order valence-corrected chi connectivity index (χ4v) is 3.15. The van der Waals surface area contributed by atoms with E-state index in [9.17, 15) is 9.59 Å². The molecule has 0 atom stereocenters. The number of fused-ring (bicyclic) bond motifs is 1. The molecule has 0 aliphatic rings. The SMILES string of the molecule is COc1cc(C(=O)OCC(=O)Nc2cccc3ncccc23)cc(OC)c1Br. The second-order valence-corrected chi connectivity index (χ2v) is 6.49. The van der Waals surface area contributed by atoms with Crippen LogP contribution in [0.3, 0.4) is 0 Å². The fourth-order valence-electron chi connectivity index (χ4n) is 2.60. The average Bonchev–Trinajstić information content (AvgIpc) is 2.72. The summed E-state index contributed by atoms with van der Waals surface area (Å²) >= 11 is 3.33. The highest BCUT2D eigenvalue weighted by Gasteiger charge is 2.17. The Morgan fingerprint density at radius 1 is 1.07 bits per heavy atom. The van der Waals surface area contributed by atoms with Crippen LogP contribution in [0.5, 0.6) is 11.5 Å². The van der Waals surface area contributed by atoms with Crippen LogP contribution in [0, 0.1) is 0 Å². The molecule has 0 saturated carbocycles. The Morgan fingerprint density at radius 2 is 1.79 bits per heavy atom. The van der Waals surface area contributed by atoms with Crippen LogP contribution < -0.4 is 14.8 Å². The maximum absolute atomic E-state index is 12.3. The molecule has 1 N–H and O–H groups in total. The number of halogens is 1. The van der Waals surface area contributed by atoms with Crippen molar-refractivity contribution >= 4 is 44.4 Å². The molecular formula is C20H17BrN2O5. The molecule has 0 saturated heterocycles. The first-order chi connectivity index (χ1) is 13.5. The maximum Gasteiger partial charge on any atom is 0.338 e. The Bertz CT molecular complexity index is 1010. The number of carbonyl (C=O) groups excluding carboxylic acids is 2. The number of benzene rings is 2. The Hall–Kier alpha value is -3.13. The number of hydrogen-bond donors (Lipinski definition) is 1. The van der Waals surface area contributed by atoms with Gasteiger partial charge in [-0.3, -0.25) is 9.78 Å². The highest BCUT2D eigenvalue weighted by molar-refractivity contribution is 9.10. The molecule has 3 aromatic rings. The summed E-state index contributed by atoms with van der Waals surface area (Å²) in [5.74, 6) is -0.294. The predicted molar refractivity (Wildman–Crippen MR) is 108 cm³/mol. The predicted octanol–water partition coefficient (Wildman–Crippen LogP) is 3.81. The van der Waals surface area contributed by atoms with Gasteiger partial charge in [-0.2, -0.15) is 0 Å². The summed E-state index contributed by atoms with van der Waals surface area (Å²) in [6.07, 6.45) is 1.68. The van der Waals surface area contributed by atoms with Gasteiger partial charge in [0, 0.05) is 11.6 Å². The minimum Gasteiger partial charge on any atom is -0.495 e. The lowest BCUT2D eigenvalue weighted by Gasteiger charge is -2.12. The van der Waals surface area contributed by atoms with Gasteiger partial charge in [-0.15, -0.1) is 0 Å². The molecule has 1 amide bonds. The fraction of sp³-hybridized carbons (Fsp3) is 0.150. The molecule has 0 unspecified atom stereocenters. The lowest BCUT2D eigenvalue weighted by molar-refractivity contribution is -0.119. The van der Waals surface area contributed by atoms with E-state index in [0.29, 0.717) is 21.7 Å². The van der Waals surface area contributed by atoms with Crippen LogP contribution in [0.4, 0.5) is 5.69 Å². The maximum atomic E-state index is 12.3. The third kappa shape index (κ3) is 4.23. The number of aromatic nitrogens is 1. The molecule has 0 aliphatic carbocycles. The second kappa shape index (κ2) is 8.71. The van der Waals surface area contributed by atoms with Crippen molar-refractivity contribution in [1.82, 2.24) is 4.98 Å². The van der Waals surface area contributed by atoms with Gasteiger partial charge < -0.3 is 19.5 Å². The van der Waals surface area contributed by atoms with Crippen LogP contribution in [0.25, 0.3) is 10.9 Å². The number of anilines is 1. The Balaban J connectivity index is 1.68. The Labute approximate surface area is 169 Å². The minimum absolute atomic E-state index is 0.207. The average molecular weight is 445 g/mol. The molecule has 2 aromatic carbocycles. The van der Waals surface area contributed by atoms with Crippen LogP contribution in [0.2, 0.25) is 0 Å². The molecule has 1 heterocycles. The van der Waals surface area contributed by atoms with Crippen molar-refractivity contribution in [2.24, 2.45) is 0 Å². The minimum atomic E-state index is -0.668. The van der Waals surface area contributed by atoms with Crippen LogP contribution in [0.15, 0.2) is 53.1 Å². The number of nitrogens with one attached hydrogen (secondary N) is 1. The summed E-state index contributed by atoms with van der Waals surface area (Å²) < 4.78 is 16.1. The number of rotatable bonds is 6. The van der Waals surface area contributed by atoms with Crippen molar-refractivity contribution < 1.29 is 23.8 Å². The quantitative estimate of drug-likeness (QED) is 0.581. The van der Waals surface area contributed by atoms with Gasteiger partial charge in [0.15, 0.2) is 6.61 Å². The van der Waals surface area contributed by atoms with Gasteiger partial charge in [0.2, 0.25) is 0 Å². The van der Waals surface area contributed by atoms with E-state index in [1.54, 1.807) is 24.4 Å². The largest absolute Gasteiger partial charge is 0.495 e. The first-order valence-electron chi connectivity index (χ1n) is 8.25. The zero-order valence-corrected chi connectivity index (χ0v) is 16.8. The van der Waals surface area contributed by atoms with Gasteiger partial charge >= 0.3 is 5.97 Å². The molecule has 3 rings (SSSR count). The van der Waals surface area contributed by atoms with E-state index < -0.39 is 18.5 Å². The van der Waals surface area contributed by atoms with E-state index >= 15 is 0 Å². The molecule has 0 radical (unpaired) electrons. The highest BCUT2D eigenvalue weighted by atomic mass is 79.9. The smallest absolute Gasteiger partial charge is 0.338 e. The lowest BCUT2D eigenvalue weighted by atomic mass is 10.2. The first-order valence-corrected chi connectivity index (χ1v) is 9.05.